The Labute approximate surface area is 130 Å². The zero-order valence-electron chi connectivity index (χ0n) is 12.2. The van der Waals surface area contributed by atoms with E-state index in [9.17, 15) is 9.59 Å². The van der Waals surface area contributed by atoms with Gasteiger partial charge in [-0.2, -0.15) is 0 Å². The normalized spacial score (nSPS) is 14.2. The summed E-state index contributed by atoms with van der Waals surface area (Å²) < 4.78 is 0.906. The minimum atomic E-state index is -0.151. The van der Waals surface area contributed by atoms with Crippen LogP contribution in [-0.2, 0) is 0 Å². The highest BCUT2D eigenvalue weighted by Crippen LogP contribution is 2.22. The van der Waals surface area contributed by atoms with Gasteiger partial charge in [-0.05, 0) is 19.1 Å². The third-order valence-corrected chi connectivity index (χ3v) is 3.88. The Morgan fingerprint density at radius 1 is 1.05 bits per heavy atom. The molecule has 1 aromatic rings. The first kappa shape index (κ1) is 16.9. The quantitative estimate of drug-likeness (QED) is 0.497. The number of carbonyl (C=O) groups is 2. The summed E-state index contributed by atoms with van der Waals surface area (Å²) in [6, 6.07) is 7.04. The van der Waals surface area contributed by atoms with Gasteiger partial charge in [-0.1, -0.05) is 12.1 Å². The molecule has 0 bridgehead atoms. The molecule has 1 aromatic carbocycles. The van der Waals surface area contributed by atoms with Crippen LogP contribution in [-0.4, -0.2) is 54.9 Å². The van der Waals surface area contributed by atoms with Crippen LogP contribution in [0, 0.1) is 0 Å². The highest BCUT2D eigenvalue weighted by Gasteiger charge is 2.34. The van der Waals surface area contributed by atoms with Gasteiger partial charge in [-0.25, -0.2) is 0 Å². The Bertz CT molecular complexity index is 479. The molecule has 0 spiro atoms. The molecule has 5 heteroatoms. The van der Waals surface area contributed by atoms with Crippen LogP contribution in [0.4, 0.5) is 0 Å². The summed E-state index contributed by atoms with van der Waals surface area (Å²) >= 11 is 0. The summed E-state index contributed by atoms with van der Waals surface area (Å²) in [7, 11) is 4.31. The van der Waals surface area contributed by atoms with Gasteiger partial charge in [0, 0.05) is 13.0 Å². The van der Waals surface area contributed by atoms with Gasteiger partial charge in [-0.15, -0.1) is 0 Å². The van der Waals surface area contributed by atoms with Crippen LogP contribution in [0.3, 0.4) is 0 Å². The third-order valence-electron chi connectivity index (χ3n) is 3.88. The Morgan fingerprint density at radius 2 is 1.55 bits per heavy atom. The van der Waals surface area contributed by atoms with E-state index < -0.39 is 0 Å². The number of quaternary nitrogens is 1. The van der Waals surface area contributed by atoms with Crippen LogP contribution in [0.1, 0.15) is 34.1 Å². The van der Waals surface area contributed by atoms with Crippen LogP contribution in [0.25, 0.3) is 0 Å². The molecule has 0 unspecified atom stereocenters. The number of fused-ring (bicyclic) bond motifs is 1. The van der Waals surface area contributed by atoms with Crippen molar-refractivity contribution in [1.82, 2.24) is 4.90 Å². The van der Waals surface area contributed by atoms with Gasteiger partial charge in [0.2, 0.25) is 0 Å². The summed E-state index contributed by atoms with van der Waals surface area (Å²) in [5.41, 5.74) is 1.08. The van der Waals surface area contributed by atoms with E-state index in [1.54, 1.807) is 24.3 Å². The lowest BCUT2D eigenvalue weighted by Crippen LogP contribution is -3.00. The van der Waals surface area contributed by atoms with Crippen molar-refractivity contribution in [1.29, 1.82) is 0 Å². The van der Waals surface area contributed by atoms with Crippen molar-refractivity contribution in [2.24, 2.45) is 0 Å². The van der Waals surface area contributed by atoms with Gasteiger partial charge in [0.05, 0.1) is 38.3 Å². The van der Waals surface area contributed by atoms with E-state index in [0.29, 0.717) is 17.7 Å². The Hall–Kier alpha value is -1.20. The second kappa shape index (κ2) is 6.50. The molecule has 0 fully saturated rings. The van der Waals surface area contributed by atoms with Crippen molar-refractivity contribution in [2.75, 3.05) is 33.7 Å². The molecule has 2 rings (SSSR count). The first-order valence-corrected chi connectivity index (χ1v) is 6.73. The summed E-state index contributed by atoms with van der Waals surface area (Å²) in [5, 5.41) is 0. The van der Waals surface area contributed by atoms with E-state index in [1.165, 1.54) is 4.90 Å². The number of amides is 2. The largest absolute Gasteiger partial charge is 1.00 e. The fourth-order valence-electron chi connectivity index (χ4n) is 2.26. The highest BCUT2D eigenvalue weighted by molar-refractivity contribution is 6.21. The first-order chi connectivity index (χ1) is 8.96. The number of hydrogen-bond donors (Lipinski definition) is 0. The molecular weight excluding hydrogens is 320 g/mol. The van der Waals surface area contributed by atoms with E-state index in [-0.39, 0.29) is 28.8 Å². The minimum Gasteiger partial charge on any atom is -1.00 e. The summed E-state index contributed by atoms with van der Waals surface area (Å²) in [6.45, 7) is 4.65. The van der Waals surface area contributed by atoms with E-state index >= 15 is 0 Å². The summed E-state index contributed by atoms with van der Waals surface area (Å²) in [5.74, 6) is -0.301. The van der Waals surface area contributed by atoms with Gasteiger partial charge in [0.25, 0.3) is 11.8 Å². The van der Waals surface area contributed by atoms with Crippen LogP contribution in [0.5, 0.6) is 0 Å². The number of carbonyl (C=O) groups excluding carboxylic acids is 2. The molecule has 0 saturated heterocycles. The minimum absolute atomic E-state index is 0. The van der Waals surface area contributed by atoms with Crippen LogP contribution in [0.2, 0.25) is 0 Å². The number of benzene rings is 1. The molecule has 20 heavy (non-hydrogen) atoms. The fraction of sp³-hybridized carbons (Fsp3) is 0.467. The second-order valence-electron chi connectivity index (χ2n) is 5.64. The average molecular weight is 341 g/mol. The zero-order valence-corrected chi connectivity index (χ0v) is 13.8. The number of halogens is 1. The molecule has 0 saturated carbocycles. The van der Waals surface area contributed by atoms with E-state index in [4.69, 9.17) is 0 Å². The van der Waals surface area contributed by atoms with Crippen LogP contribution >= 0.6 is 0 Å². The van der Waals surface area contributed by atoms with E-state index in [0.717, 1.165) is 24.0 Å². The van der Waals surface area contributed by atoms with Gasteiger partial charge in [-0.3, -0.25) is 14.5 Å². The molecule has 1 aliphatic rings. The maximum Gasteiger partial charge on any atom is 0.261 e. The molecule has 1 heterocycles. The number of imide groups is 1. The fourth-order valence-corrected chi connectivity index (χ4v) is 2.26. The van der Waals surface area contributed by atoms with Crippen molar-refractivity contribution in [3.63, 3.8) is 0 Å². The van der Waals surface area contributed by atoms with Gasteiger partial charge >= 0.3 is 0 Å². The molecule has 0 aliphatic carbocycles. The zero-order chi connectivity index (χ0) is 14.0. The lowest BCUT2D eigenvalue weighted by molar-refractivity contribution is -0.888. The Kier molecular flexibility index (Phi) is 5.48. The van der Waals surface area contributed by atoms with Crippen LogP contribution < -0.4 is 17.0 Å². The monoisotopic (exact) mass is 340 g/mol. The summed E-state index contributed by atoms with van der Waals surface area (Å²) in [6.07, 6.45) is 0.840. The molecule has 4 nitrogen and oxygen atoms in total. The topological polar surface area (TPSA) is 37.4 Å². The van der Waals surface area contributed by atoms with E-state index in [1.807, 2.05) is 0 Å². The van der Waals surface area contributed by atoms with Crippen molar-refractivity contribution in [3.05, 3.63) is 35.4 Å². The molecule has 0 radical (unpaired) electrons. The molecular formula is C15H21BrN2O2. The third kappa shape index (κ3) is 3.27. The molecule has 110 valence electrons. The van der Waals surface area contributed by atoms with Crippen molar-refractivity contribution in [2.45, 2.75) is 13.3 Å². The maximum atomic E-state index is 12.1. The number of nitrogens with zero attached hydrogens (tertiary/aromatic N) is 2. The Morgan fingerprint density at radius 3 is 2.00 bits per heavy atom. The second-order valence-corrected chi connectivity index (χ2v) is 5.64. The molecule has 1 aliphatic heterocycles. The van der Waals surface area contributed by atoms with Crippen molar-refractivity contribution < 1.29 is 31.1 Å². The average Bonchev–Trinajstić information content (AvgIpc) is 2.64. The van der Waals surface area contributed by atoms with Gasteiger partial charge in [0.15, 0.2) is 0 Å². The lowest BCUT2D eigenvalue weighted by atomic mass is 10.1. The molecule has 2 amide bonds. The maximum absolute atomic E-state index is 12.1. The van der Waals surface area contributed by atoms with Gasteiger partial charge in [0.1, 0.15) is 0 Å². The predicted molar refractivity (Wildman–Crippen MR) is 73.9 cm³/mol. The number of hydrogen-bond acceptors (Lipinski definition) is 2. The van der Waals surface area contributed by atoms with E-state index in [2.05, 4.69) is 21.0 Å². The smallest absolute Gasteiger partial charge is 0.261 e. The SMILES string of the molecule is CC[N+](C)(C)CCCN1C(=O)c2ccccc2C1=O.[Br-]. The lowest BCUT2D eigenvalue weighted by Gasteiger charge is -2.28. The molecule has 0 aromatic heterocycles. The van der Waals surface area contributed by atoms with Crippen LogP contribution in [0.15, 0.2) is 24.3 Å². The summed E-state index contributed by atoms with van der Waals surface area (Å²) in [4.78, 5) is 25.6. The molecule has 0 N–H and O–H groups in total. The van der Waals surface area contributed by atoms with Crippen molar-refractivity contribution in [3.8, 4) is 0 Å². The first-order valence-electron chi connectivity index (χ1n) is 6.73. The Balaban J connectivity index is 0.00000200. The number of rotatable bonds is 5. The van der Waals surface area contributed by atoms with Crippen molar-refractivity contribution >= 4 is 11.8 Å². The predicted octanol–water partition coefficient (Wildman–Crippen LogP) is -1.23. The van der Waals surface area contributed by atoms with Gasteiger partial charge < -0.3 is 21.5 Å². The molecule has 0 atom stereocenters. The highest BCUT2D eigenvalue weighted by atomic mass is 79.9. The standard InChI is InChI=1S/C15H21N2O2.BrH/c1-4-17(2,3)11-7-10-16-14(18)12-8-5-6-9-13(12)15(16)19;/h5-6,8-9H,4,7,10-11H2,1-3H3;1H/q+1;/p-1.